The van der Waals surface area contributed by atoms with E-state index in [2.05, 4.69) is 37.4 Å². The summed E-state index contributed by atoms with van der Waals surface area (Å²) >= 11 is 5.86. The lowest BCUT2D eigenvalue weighted by molar-refractivity contribution is 0.222. The van der Waals surface area contributed by atoms with Crippen molar-refractivity contribution in [3.8, 4) is 5.75 Å². The van der Waals surface area contributed by atoms with Crippen LogP contribution in [0.15, 0.2) is 18.2 Å². The molecule has 94 valence electrons. The summed E-state index contributed by atoms with van der Waals surface area (Å²) in [4.78, 5) is 0. The lowest BCUT2D eigenvalue weighted by Crippen LogP contribution is -2.38. The van der Waals surface area contributed by atoms with Crippen LogP contribution in [-0.2, 0) is 6.42 Å². The molecule has 2 unspecified atom stereocenters. The van der Waals surface area contributed by atoms with Crippen molar-refractivity contribution >= 4 is 11.6 Å². The van der Waals surface area contributed by atoms with Crippen LogP contribution in [0.25, 0.3) is 0 Å². The molecular weight excluding hydrogens is 234 g/mol. The van der Waals surface area contributed by atoms with Crippen LogP contribution in [0.1, 0.15) is 24.5 Å². The molecule has 0 aliphatic carbocycles. The molecule has 0 radical (unpaired) electrons. The number of hydrogen-bond donors (Lipinski definition) is 1. The Morgan fingerprint density at radius 3 is 3.06 bits per heavy atom. The Bertz CT molecular complexity index is 376. The normalized spacial score (nSPS) is 19.8. The first-order valence-corrected chi connectivity index (χ1v) is 6.82. The lowest BCUT2D eigenvalue weighted by atomic mass is 10.1. The van der Waals surface area contributed by atoms with Gasteiger partial charge in [-0.3, -0.25) is 0 Å². The number of fused-ring (bicyclic) bond motifs is 1. The molecule has 0 spiro atoms. The van der Waals surface area contributed by atoms with E-state index in [1.54, 1.807) is 0 Å². The Morgan fingerprint density at radius 1 is 1.53 bits per heavy atom. The maximum Gasteiger partial charge on any atom is 0.123 e. The number of aryl methyl sites for hydroxylation is 1. The van der Waals surface area contributed by atoms with E-state index in [9.17, 15) is 0 Å². The molecule has 2 atom stereocenters. The Hall–Kier alpha value is -0.730. The standard InChI is InChI=1S/C14H20ClNO/c1-3-12(8-15)16-9-13-7-11-6-10(2)4-5-14(11)17-13/h4-6,12-13,16H,3,7-9H2,1-2H3. The summed E-state index contributed by atoms with van der Waals surface area (Å²) in [7, 11) is 0. The number of benzene rings is 1. The van der Waals surface area contributed by atoms with Gasteiger partial charge in [0.05, 0.1) is 0 Å². The highest BCUT2D eigenvalue weighted by atomic mass is 35.5. The number of halogens is 1. The smallest absolute Gasteiger partial charge is 0.123 e. The maximum absolute atomic E-state index is 5.90. The fourth-order valence-corrected chi connectivity index (χ4v) is 2.50. The van der Waals surface area contributed by atoms with Crippen molar-refractivity contribution in [3.05, 3.63) is 29.3 Å². The number of alkyl halides is 1. The molecule has 0 bridgehead atoms. The monoisotopic (exact) mass is 253 g/mol. The zero-order valence-corrected chi connectivity index (χ0v) is 11.3. The molecule has 0 fully saturated rings. The van der Waals surface area contributed by atoms with Gasteiger partial charge in [-0.2, -0.15) is 0 Å². The summed E-state index contributed by atoms with van der Waals surface area (Å²) < 4.78 is 5.90. The van der Waals surface area contributed by atoms with E-state index in [-0.39, 0.29) is 6.10 Å². The molecule has 3 heteroatoms. The average molecular weight is 254 g/mol. The molecule has 0 saturated carbocycles. The van der Waals surface area contributed by atoms with Gasteiger partial charge in [-0.05, 0) is 25.0 Å². The first-order chi connectivity index (χ1) is 8.22. The number of rotatable bonds is 5. The van der Waals surface area contributed by atoms with Crippen molar-refractivity contribution in [1.82, 2.24) is 5.32 Å². The van der Waals surface area contributed by atoms with Crippen LogP contribution >= 0.6 is 11.6 Å². The van der Waals surface area contributed by atoms with Crippen LogP contribution in [0, 0.1) is 6.92 Å². The second-order valence-electron chi connectivity index (χ2n) is 4.72. The minimum absolute atomic E-state index is 0.254. The van der Waals surface area contributed by atoms with Crippen molar-refractivity contribution < 1.29 is 4.74 Å². The molecule has 1 N–H and O–H groups in total. The van der Waals surface area contributed by atoms with Gasteiger partial charge in [-0.1, -0.05) is 24.6 Å². The molecule has 0 aromatic heterocycles. The Kier molecular flexibility index (Phi) is 4.30. The largest absolute Gasteiger partial charge is 0.488 e. The Balaban J connectivity index is 1.88. The topological polar surface area (TPSA) is 21.3 Å². The molecule has 2 nitrogen and oxygen atoms in total. The van der Waals surface area contributed by atoms with E-state index in [0.717, 1.165) is 25.1 Å². The van der Waals surface area contributed by atoms with Gasteiger partial charge in [-0.15, -0.1) is 11.6 Å². The molecule has 17 heavy (non-hydrogen) atoms. The van der Waals surface area contributed by atoms with Crippen molar-refractivity contribution in [2.24, 2.45) is 0 Å². The van der Waals surface area contributed by atoms with Crippen molar-refractivity contribution in [3.63, 3.8) is 0 Å². The van der Waals surface area contributed by atoms with Gasteiger partial charge in [0.25, 0.3) is 0 Å². The maximum atomic E-state index is 5.90. The van der Waals surface area contributed by atoms with Crippen LogP contribution in [0.3, 0.4) is 0 Å². The van der Waals surface area contributed by atoms with Crippen LogP contribution < -0.4 is 10.1 Å². The third-order valence-electron chi connectivity index (χ3n) is 3.27. The van der Waals surface area contributed by atoms with Crippen LogP contribution in [-0.4, -0.2) is 24.6 Å². The number of nitrogens with one attached hydrogen (secondary N) is 1. The highest BCUT2D eigenvalue weighted by Crippen LogP contribution is 2.29. The van der Waals surface area contributed by atoms with Gasteiger partial charge in [0.2, 0.25) is 0 Å². The van der Waals surface area contributed by atoms with E-state index in [1.165, 1.54) is 11.1 Å². The minimum Gasteiger partial charge on any atom is -0.488 e. The summed E-state index contributed by atoms with van der Waals surface area (Å²) in [5.74, 6) is 1.70. The zero-order chi connectivity index (χ0) is 12.3. The Morgan fingerprint density at radius 2 is 2.35 bits per heavy atom. The summed E-state index contributed by atoms with van der Waals surface area (Å²) in [5.41, 5.74) is 2.63. The fourth-order valence-electron chi connectivity index (χ4n) is 2.17. The predicted octanol–water partition coefficient (Wildman–Crippen LogP) is 2.91. The molecule has 1 aromatic carbocycles. The molecule has 1 heterocycles. The third-order valence-corrected chi connectivity index (χ3v) is 3.64. The lowest BCUT2D eigenvalue weighted by Gasteiger charge is -2.17. The molecule has 0 amide bonds. The summed E-state index contributed by atoms with van der Waals surface area (Å²) in [5, 5.41) is 3.45. The fraction of sp³-hybridized carbons (Fsp3) is 0.571. The number of ether oxygens (including phenoxy) is 1. The molecule has 1 aliphatic heterocycles. The van der Waals surface area contributed by atoms with Crippen molar-refractivity contribution in [1.29, 1.82) is 0 Å². The first-order valence-electron chi connectivity index (χ1n) is 6.28. The average Bonchev–Trinajstić information content (AvgIpc) is 2.72. The molecule has 1 aromatic rings. The zero-order valence-electron chi connectivity index (χ0n) is 10.5. The van der Waals surface area contributed by atoms with Gasteiger partial charge < -0.3 is 10.1 Å². The SMILES string of the molecule is CCC(CCl)NCC1Cc2cc(C)ccc2O1. The highest BCUT2D eigenvalue weighted by molar-refractivity contribution is 6.18. The van der Waals surface area contributed by atoms with Gasteiger partial charge in [0.1, 0.15) is 11.9 Å². The van der Waals surface area contributed by atoms with Gasteiger partial charge in [0, 0.05) is 24.9 Å². The van der Waals surface area contributed by atoms with Gasteiger partial charge in [-0.25, -0.2) is 0 Å². The second kappa shape index (κ2) is 5.74. The van der Waals surface area contributed by atoms with E-state index in [1.807, 2.05) is 0 Å². The van der Waals surface area contributed by atoms with Crippen molar-refractivity contribution in [2.75, 3.05) is 12.4 Å². The van der Waals surface area contributed by atoms with Crippen molar-refractivity contribution in [2.45, 2.75) is 38.8 Å². The van der Waals surface area contributed by atoms with Crippen LogP contribution in [0.5, 0.6) is 5.75 Å². The number of hydrogen-bond acceptors (Lipinski definition) is 2. The van der Waals surface area contributed by atoms with E-state index in [0.29, 0.717) is 11.9 Å². The van der Waals surface area contributed by atoms with Gasteiger partial charge >= 0.3 is 0 Å². The van der Waals surface area contributed by atoms with Crippen LogP contribution in [0.2, 0.25) is 0 Å². The molecule has 1 aliphatic rings. The van der Waals surface area contributed by atoms with E-state index < -0.39 is 0 Å². The molecule has 2 rings (SSSR count). The quantitative estimate of drug-likeness (QED) is 0.815. The summed E-state index contributed by atoms with van der Waals surface area (Å²) in [6.07, 6.45) is 2.31. The Labute approximate surface area is 108 Å². The second-order valence-corrected chi connectivity index (χ2v) is 5.03. The predicted molar refractivity (Wildman–Crippen MR) is 72.1 cm³/mol. The van der Waals surface area contributed by atoms with E-state index >= 15 is 0 Å². The highest BCUT2D eigenvalue weighted by Gasteiger charge is 2.23. The summed E-state index contributed by atoms with van der Waals surface area (Å²) in [6.45, 7) is 5.14. The minimum atomic E-state index is 0.254. The summed E-state index contributed by atoms with van der Waals surface area (Å²) in [6, 6.07) is 6.78. The molecule has 0 saturated heterocycles. The van der Waals surface area contributed by atoms with Crippen LogP contribution in [0.4, 0.5) is 0 Å². The third kappa shape index (κ3) is 3.14. The first kappa shape index (κ1) is 12.7. The molecular formula is C14H20ClNO. The van der Waals surface area contributed by atoms with E-state index in [4.69, 9.17) is 16.3 Å². The van der Waals surface area contributed by atoms with Gasteiger partial charge in [0.15, 0.2) is 0 Å².